The summed E-state index contributed by atoms with van der Waals surface area (Å²) in [7, 11) is 1.32. The van der Waals surface area contributed by atoms with Gasteiger partial charge in [0.25, 0.3) is 0 Å². The second-order valence-corrected chi connectivity index (χ2v) is 3.09. The smallest absolute Gasteiger partial charge is 0.340 e. The number of hydrogen-bond acceptors (Lipinski definition) is 4. The number of esters is 1. The van der Waals surface area contributed by atoms with Crippen LogP contribution >= 0.6 is 0 Å². The molecule has 0 fully saturated rings. The van der Waals surface area contributed by atoms with Gasteiger partial charge in [-0.3, -0.25) is 0 Å². The van der Waals surface area contributed by atoms with Crippen molar-refractivity contribution in [3.63, 3.8) is 0 Å². The maximum absolute atomic E-state index is 11.4. The van der Waals surface area contributed by atoms with Crippen LogP contribution in [0.3, 0.4) is 0 Å². The van der Waals surface area contributed by atoms with Gasteiger partial charge in [0.15, 0.2) is 0 Å². The van der Waals surface area contributed by atoms with Crippen molar-refractivity contribution < 1.29 is 9.53 Å². The highest BCUT2D eigenvalue weighted by molar-refractivity contribution is 5.96. The molecule has 0 amide bonds. The number of nitrogens with two attached hydrogens (primary N) is 2. The number of hydrogen-bond donors (Lipinski definition) is 2. The van der Waals surface area contributed by atoms with E-state index in [0.29, 0.717) is 16.8 Å². The van der Waals surface area contributed by atoms with Gasteiger partial charge in [-0.05, 0) is 18.6 Å². The van der Waals surface area contributed by atoms with Crippen LogP contribution in [0.1, 0.15) is 28.9 Å². The topological polar surface area (TPSA) is 78.3 Å². The number of ether oxygens (including phenoxy) is 1. The van der Waals surface area contributed by atoms with Crippen LogP contribution in [0, 0.1) is 0 Å². The largest absolute Gasteiger partial charge is 0.465 e. The fourth-order valence-corrected chi connectivity index (χ4v) is 1.31. The molecular weight excluding hydrogens is 180 g/mol. The maximum Gasteiger partial charge on any atom is 0.340 e. The molecular formula is C10H14N2O2. The predicted octanol–water partition coefficient (Wildman–Crippen LogP) is 1.08. The molecule has 4 heteroatoms. The van der Waals surface area contributed by atoms with E-state index in [4.69, 9.17) is 11.5 Å². The molecule has 1 atom stereocenters. The van der Waals surface area contributed by atoms with E-state index in [-0.39, 0.29) is 6.04 Å². The molecule has 0 spiro atoms. The lowest BCUT2D eigenvalue weighted by atomic mass is 10.0. The normalized spacial score (nSPS) is 12.2. The monoisotopic (exact) mass is 194 g/mol. The number of benzene rings is 1. The number of rotatable bonds is 2. The molecule has 1 aromatic rings. The highest BCUT2D eigenvalue weighted by Gasteiger charge is 2.16. The number of anilines is 1. The lowest BCUT2D eigenvalue weighted by molar-refractivity contribution is 0.0600. The van der Waals surface area contributed by atoms with Gasteiger partial charge >= 0.3 is 5.97 Å². The van der Waals surface area contributed by atoms with E-state index in [1.54, 1.807) is 25.1 Å². The Hall–Kier alpha value is -1.55. The molecule has 1 unspecified atom stereocenters. The first-order valence-electron chi connectivity index (χ1n) is 4.30. The van der Waals surface area contributed by atoms with Gasteiger partial charge in [-0.25, -0.2) is 4.79 Å². The molecule has 0 bridgehead atoms. The molecule has 1 aromatic carbocycles. The molecule has 0 saturated carbocycles. The molecule has 0 aromatic heterocycles. The highest BCUT2D eigenvalue weighted by atomic mass is 16.5. The summed E-state index contributed by atoms with van der Waals surface area (Å²) in [6.07, 6.45) is 0. The third-order valence-electron chi connectivity index (χ3n) is 2.01. The van der Waals surface area contributed by atoms with Gasteiger partial charge < -0.3 is 16.2 Å². The van der Waals surface area contributed by atoms with Gasteiger partial charge in [-0.1, -0.05) is 12.1 Å². The summed E-state index contributed by atoms with van der Waals surface area (Å²) in [5.74, 6) is -0.449. The van der Waals surface area contributed by atoms with Gasteiger partial charge in [0, 0.05) is 11.7 Å². The van der Waals surface area contributed by atoms with E-state index in [1.165, 1.54) is 7.11 Å². The van der Waals surface area contributed by atoms with Crippen molar-refractivity contribution in [3.8, 4) is 0 Å². The van der Waals surface area contributed by atoms with Crippen LogP contribution < -0.4 is 11.5 Å². The first-order valence-corrected chi connectivity index (χ1v) is 4.30. The van der Waals surface area contributed by atoms with Gasteiger partial charge in [-0.2, -0.15) is 0 Å². The van der Waals surface area contributed by atoms with E-state index in [2.05, 4.69) is 4.74 Å². The van der Waals surface area contributed by atoms with E-state index in [1.807, 2.05) is 0 Å². The molecule has 4 nitrogen and oxygen atoms in total. The number of methoxy groups -OCH3 is 1. The average molecular weight is 194 g/mol. The van der Waals surface area contributed by atoms with Crippen LogP contribution in [0.25, 0.3) is 0 Å². The van der Waals surface area contributed by atoms with Crippen molar-refractivity contribution in [1.29, 1.82) is 0 Å². The number of nitrogen functional groups attached to an aromatic ring is 1. The third kappa shape index (κ3) is 1.85. The van der Waals surface area contributed by atoms with Crippen molar-refractivity contribution in [1.82, 2.24) is 0 Å². The first-order chi connectivity index (χ1) is 6.57. The number of carbonyl (C=O) groups excluding carboxylic acids is 1. The maximum atomic E-state index is 11.4. The Balaban J connectivity index is 3.29. The summed E-state index contributed by atoms with van der Waals surface area (Å²) in [5.41, 5.74) is 12.9. The van der Waals surface area contributed by atoms with Gasteiger partial charge in [0.2, 0.25) is 0 Å². The molecule has 0 heterocycles. The molecule has 0 aliphatic rings. The molecule has 0 radical (unpaired) electrons. The Morgan fingerprint density at radius 2 is 2.14 bits per heavy atom. The SMILES string of the molecule is COC(=O)c1c(N)cccc1C(C)N. The zero-order chi connectivity index (χ0) is 10.7. The lowest BCUT2D eigenvalue weighted by Crippen LogP contribution is -2.15. The van der Waals surface area contributed by atoms with Crippen molar-refractivity contribution in [3.05, 3.63) is 29.3 Å². The van der Waals surface area contributed by atoms with Crippen LogP contribution in [0.2, 0.25) is 0 Å². The summed E-state index contributed by atoms with van der Waals surface area (Å²) in [6.45, 7) is 1.79. The van der Waals surface area contributed by atoms with E-state index in [0.717, 1.165) is 0 Å². The Morgan fingerprint density at radius 1 is 1.50 bits per heavy atom. The molecule has 0 aliphatic carbocycles. The first kappa shape index (κ1) is 10.5. The molecule has 4 N–H and O–H groups in total. The molecule has 1 rings (SSSR count). The van der Waals surface area contributed by atoms with Crippen LogP contribution in [-0.4, -0.2) is 13.1 Å². The summed E-state index contributed by atoms with van der Waals surface area (Å²) in [6, 6.07) is 4.94. The van der Waals surface area contributed by atoms with Gasteiger partial charge in [-0.15, -0.1) is 0 Å². The summed E-state index contributed by atoms with van der Waals surface area (Å²) >= 11 is 0. The van der Waals surface area contributed by atoms with Crippen LogP contribution in [0.15, 0.2) is 18.2 Å². The molecule has 0 aliphatic heterocycles. The minimum atomic E-state index is -0.449. The quantitative estimate of drug-likeness (QED) is 0.545. The van der Waals surface area contributed by atoms with Crippen LogP contribution in [0.4, 0.5) is 5.69 Å². The zero-order valence-electron chi connectivity index (χ0n) is 8.28. The molecule has 14 heavy (non-hydrogen) atoms. The van der Waals surface area contributed by atoms with E-state index >= 15 is 0 Å². The Labute approximate surface area is 82.8 Å². The second kappa shape index (κ2) is 4.11. The van der Waals surface area contributed by atoms with Crippen molar-refractivity contribution in [2.24, 2.45) is 5.73 Å². The number of carbonyl (C=O) groups is 1. The lowest BCUT2D eigenvalue weighted by Gasteiger charge is -2.12. The van der Waals surface area contributed by atoms with E-state index in [9.17, 15) is 4.79 Å². The average Bonchev–Trinajstić information content (AvgIpc) is 2.16. The summed E-state index contributed by atoms with van der Waals surface area (Å²) < 4.78 is 4.63. The molecule has 0 saturated heterocycles. The minimum Gasteiger partial charge on any atom is -0.465 e. The molecule has 76 valence electrons. The van der Waals surface area contributed by atoms with E-state index < -0.39 is 5.97 Å². The highest BCUT2D eigenvalue weighted by Crippen LogP contribution is 2.22. The van der Waals surface area contributed by atoms with Crippen molar-refractivity contribution in [2.75, 3.05) is 12.8 Å². The minimum absolute atomic E-state index is 0.243. The second-order valence-electron chi connectivity index (χ2n) is 3.09. The zero-order valence-corrected chi connectivity index (χ0v) is 8.28. The third-order valence-corrected chi connectivity index (χ3v) is 2.01. The van der Waals surface area contributed by atoms with Crippen molar-refractivity contribution >= 4 is 11.7 Å². The Morgan fingerprint density at radius 3 is 2.64 bits per heavy atom. The predicted molar refractivity (Wildman–Crippen MR) is 54.8 cm³/mol. The Kier molecular flexibility index (Phi) is 3.09. The summed E-state index contributed by atoms with van der Waals surface area (Å²) in [4.78, 5) is 11.4. The van der Waals surface area contributed by atoms with Crippen LogP contribution in [-0.2, 0) is 4.74 Å². The Bertz CT molecular complexity index is 348. The summed E-state index contributed by atoms with van der Waals surface area (Å²) in [5, 5.41) is 0. The van der Waals surface area contributed by atoms with Crippen LogP contribution in [0.5, 0.6) is 0 Å². The fraction of sp³-hybridized carbons (Fsp3) is 0.300. The van der Waals surface area contributed by atoms with Crippen molar-refractivity contribution in [2.45, 2.75) is 13.0 Å². The fourth-order valence-electron chi connectivity index (χ4n) is 1.31. The van der Waals surface area contributed by atoms with Gasteiger partial charge in [0.05, 0.1) is 12.7 Å². The standard InChI is InChI=1S/C10H14N2O2/c1-6(11)7-4-3-5-8(12)9(7)10(13)14-2/h3-6H,11-12H2,1-2H3. The van der Waals surface area contributed by atoms with Gasteiger partial charge in [0.1, 0.15) is 0 Å².